The van der Waals surface area contributed by atoms with Gasteiger partial charge in [-0.3, -0.25) is 4.79 Å². The third-order valence-corrected chi connectivity index (χ3v) is 1.78. The normalized spacial score (nSPS) is 11.2. The lowest BCUT2D eigenvalue weighted by molar-refractivity contribution is -0.136. The lowest BCUT2D eigenvalue weighted by Crippen LogP contribution is -2.11. The SMILES string of the molecule is CCC(=O)O.NCC(O)c1cccc(O)c1. The average molecular weight is 227 g/mol. The van der Waals surface area contributed by atoms with Crippen LogP contribution in [0.1, 0.15) is 25.0 Å². The number of carbonyl (C=O) groups is 1. The topological polar surface area (TPSA) is 104 Å². The molecule has 1 atom stereocenters. The van der Waals surface area contributed by atoms with Crippen LogP contribution in [0.25, 0.3) is 0 Å². The van der Waals surface area contributed by atoms with E-state index in [-0.39, 0.29) is 18.7 Å². The van der Waals surface area contributed by atoms with E-state index in [0.29, 0.717) is 5.56 Å². The molecule has 1 aromatic rings. The summed E-state index contributed by atoms with van der Waals surface area (Å²) in [6.45, 7) is 1.77. The minimum Gasteiger partial charge on any atom is -0.508 e. The smallest absolute Gasteiger partial charge is 0.303 e. The van der Waals surface area contributed by atoms with Crippen LogP contribution in [0.5, 0.6) is 5.75 Å². The van der Waals surface area contributed by atoms with E-state index in [1.807, 2.05) is 0 Å². The van der Waals surface area contributed by atoms with Gasteiger partial charge in [0, 0.05) is 13.0 Å². The molecule has 1 unspecified atom stereocenters. The Morgan fingerprint density at radius 3 is 2.44 bits per heavy atom. The molecule has 0 aromatic heterocycles. The zero-order chi connectivity index (χ0) is 12.6. The Labute approximate surface area is 94.1 Å². The molecular formula is C11H17NO4. The number of phenolic OH excluding ortho intramolecular Hbond substituents is 1. The highest BCUT2D eigenvalue weighted by atomic mass is 16.4. The molecule has 0 spiro atoms. The number of aliphatic hydroxyl groups excluding tert-OH is 1. The van der Waals surface area contributed by atoms with Gasteiger partial charge < -0.3 is 21.1 Å². The zero-order valence-corrected chi connectivity index (χ0v) is 9.13. The fraction of sp³-hybridized carbons (Fsp3) is 0.364. The minimum absolute atomic E-state index is 0.148. The highest BCUT2D eigenvalue weighted by molar-refractivity contribution is 5.66. The molecule has 90 valence electrons. The first-order chi connectivity index (χ1) is 7.51. The second kappa shape index (κ2) is 7.67. The lowest BCUT2D eigenvalue weighted by atomic mass is 10.1. The van der Waals surface area contributed by atoms with Crippen molar-refractivity contribution in [2.24, 2.45) is 5.73 Å². The van der Waals surface area contributed by atoms with Crippen LogP contribution in [0, 0.1) is 0 Å². The second-order valence-electron chi connectivity index (χ2n) is 3.09. The molecule has 0 saturated heterocycles. The van der Waals surface area contributed by atoms with Crippen molar-refractivity contribution in [2.45, 2.75) is 19.4 Å². The van der Waals surface area contributed by atoms with Crippen LogP contribution >= 0.6 is 0 Å². The van der Waals surface area contributed by atoms with Crippen molar-refractivity contribution < 1.29 is 20.1 Å². The molecule has 1 rings (SSSR count). The van der Waals surface area contributed by atoms with Gasteiger partial charge in [-0.2, -0.15) is 0 Å². The number of rotatable bonds is 3. The quantitative estimate of drug-likeness (QED) is 0.613. The van der Waals surface area contributed by atoms with Crippen LogP contribution in [0.2, 0.25) is 0 Å². The van der Waals surface area contributed by atoms with Crippen LogP contribution in [-0.2, 0) is 4.79 Å². The van der Waals surface area contributed by atoms with Gasteiger partial charge in [-0.05, 0) is 17.7 Å². The Bertz CT molecular complexity index is 328. The molecule has 0 amide bonds. The summed E-state index contributed by atoms with van der Waals surface area (Å²) in [6, 6.07) is 6.44. The number of aliphatic carboxylic acids is 1. The predicted octanol–water partition coefficient (Wildman–Crippen LogP) is 0.865. The molecule has 0 saturated carbocycles. The highest BCUT2D eigenvalue weighted by Gasteiger charge is 2.03. The summed E-state index contributed by atoms with van der Waals surface area (Å²) in [5.74, 6) is -0.597. The van der Waals surface area contributed by atoms with E-state index in [1.54, 1.807) is 25.1 Å². The van der Waals surface area contributed by atoms with Crippen LogP contribution < -0.4 is 5.73 Å². The maximum absolute atomic E-state index is 9.37. The number of carboxylic acid groups (broad SMARTS) is 1. The first-order valence-corrected chi connectivity index (χ1v) is 4.90. The number of nitrogens with two attached hydrogens (primary N) is 1. The van der Waals surface area contributed by atoms with Gasteiger partial charge in [0.15, 0.2) is 0 Å². The maximum Gasteiger partial charge on any atom is 0.303 e. The van der Waals surface area contributed by atoms with Crippen LogP contribution in [0.15, 0.2) is 24.3 Å². The van der Waals surface area contributed by atoms with E-state index >= 15 is 0 Å². The summed E-state index contributed by atoms with van der Waals surface area (Å²) in [5.41, 5.74) is 5.87. The van der Waals surface area contributed by atoms with Crippen LogP contribution in [0.3, 0.4) is 0 Å². The summed E-state index contributed by atoms with van der Waals surface area (Å²) in [5, 5.41) is 25.9. The molecule has 0 fully saturated rings. The van der Waals surface area contributed by atoms with Crippen molar-refractivity contribution in [3.8, 4) is 5.75 Å². The third kappa shape index (κ3) is 6.00. The Kier molecular flexibility index (Phi) is 6.91. The number of hydrogen-bond acceptors (Lipinski definition) is 4. The average Bonchev–Trinajstić information content (AvgIpc) is 2.28. The van der Waals surface area contributed by atoms with E-state index in [4.69, 9.17) is 15.9 Å². The van der Waals surface area contributed by atoms with Crippen molar-refractivity contribution in [2.75, 3.05) is 6.54 Å². The molecule has 0 bridgehead atoms. The number of carboxylic acids is 1. The Hall–Kier alpha value is -1.59. The number of aliphatic hydroxyl groups is 1. The molecule has 0 heterocycles. The number of aromatic hydroxyl groups is 1. The summed E-state index contributed by atoms with van der Waals surface area (Å²) in [6.07, 6.45) is -0.456. The zero-order valence-electron chi connectivity index (χ0n) is 9.13. The predicted molar refractivity (Wildman–Crippen MR) is 60.0 cm³/mol. The third-order valence-electron chi connectivity index (χ3n) is 1.78. The number of hydrogen-bond donors (Lipinski definition) is 4. The summed E-state index contributed by atoms with van der Waals surface area (Å²) < 4.78 is 0. The molecule has 5 heteroatoms. The molecule has 5 N–H and O–H groups in total. The van der Waals surface area contributed by atoms with Gasteiger partial charge in [-0.15, -0.1) is 0 Å². The summed E-state index contributed by atoms with van der Waals surface area (Å²) in [4.78, 5) is 9.37. The van der Waals surface area contributed by atoms with E-state index in [1.165, 1.54) is 6.07 Å². The Morgan fingerprint density at radius 2 is 2.06 bits per heavy atom. The van der Waals surface area contributed by atoms with Gasteiger partial charge in [0.1, 0.15) is 5.75 Å². The Balaban J connectivity index is 0.000000385. The van der Waals surface area contributed by atoms with Gasteiger partial charge in [-0.25, -0.2) is 0 Å². The van der Waals surface area contributed by atoms with Crippen molar-refractivity contribution >= 4 is 5.97 Å². The minimum atomic E-state index is -0.745. The van der Waals surface area contributed by atoms with Crippen LogP contribution in [-0.4, -0.2) is 27.8 Å². The van der Waals surface area contributed by atoms with Crippen molar-refractivity contribution in [3.05, 3.63) is 29.8 Å². The van der Waals surface area contributed by atoms with Crippen LogP contribution in [0.4, 0.5) is 0 Å². The van der Waals surface area contributed by atoms with Crippen molar-refractivity contribution in [1.82, 2.24) is 0 Å². The number of phenols is 1. The summed E-state index contributed by atoms with van der Waals surface area (Å²) >= 11 is 0. The van der Waals surface area contributed by atoms with Crippen molar-refractivity contribution in [1.29, 1.82) is 0 Å². The van der Waals surface area contributed by atoms with Gasteiger partial charge in [0.05, 0.1) is 6.10 Å². The Morgan fingerprint density at radius 1 is 1.50 bits per heavy atom. The largest absolute Gasteiger partial charge is 0.508 e. The second-order valence-corrected chi connectivity index (χ2v) is 3.09. The van der Waals surface area contributed by atoms with Gasteiger partial charge in [-0.1, -0.05) is 19.1 Å². The molecule has 0 aliphatic rings. The maximum atomic E-state index is 9.37. The standard InChI is InChI=1S/C8H11NO2.C3H6O2/c9-5-8(11)6-2-1-3-7(10)4-6;1-2-3(4)5/h1-4,8,10-11H,5,9H2;2H2,1H3,(H,4,5). The molecule has 0 radical (unpaired) electrons. The summed E-state index contributed by atoms with van der Waals surface area (Å²) in [7, 11) is 0. The van der Waals surface area contributed by atoms with Gasteiger partial charge in [0.25, 0.3) is 0 Å². The molecule has 1 aromatic carbocycles. The molecule has 5 nitrogen and oxygen atoms in total. The van der Waals surface area contributed by atoms with Gasteiger partial charge in [0.2, 0.25) is 0 Å². The van der Waals surface area contributed by atoms with Gasteiger partial charge >= 0.3 is 5.97 Å². The van der Waals surface area contributed by atoms with E-state index in [0.717, 1.165) is 0 Å². The van der Waals surface area contributed by atoms with Crippen molar-refractivity contribution in [3.63, 3.8) is 0 Å². The first-order valence-electron chi connectivity index (χ1n) is 4.90. The highest BCUT2D eigenvalue weighted by Crippen LogP contribution is 2.16. The molecule has 0 aliphatic carbocycles. The van der Waals surface area contributed by atoms with E-state index in [9.17, 15) is 9.90 Å². The monoisotopic (exact) mass is 227 g/mol. The molecular weight excluding hydrogens is 210 g/mol. The van der Waals surface area contributed by atoms with E-state index < -0.39 is 12.1 Å². The first kappa shape index (κ1) is 14.4. The van der Waals surface area contributed by atoms with E-state index in [2.05, 4.69) is 0 Å². The lowest BCUT2D eigenvalue weighted by Gasteiger charge is -2.06. The fourth-order valence-corrected chi connectivity index (χ4v) is 0.868. The number of benzene rings is 1. The molecule has 0 aliphatic heterocycles. The molecule has 16 heavy (non-hydrogen) atoms. The fourth-order valence-electron chi connectivity index (χ4n) is 0.868.